The number of methoxy groups -OCH3 is 1. The Balaban J connectivity index is 2.18. The fraction of sp³-hybridized carbons (Fsp3) is 0.588. The van der Waals surface area contributed by atoms with Crippen LogP contribution in [0.4, 0.5) is 0 Å². The van der Waals surface area contributed by atoms with Gasteiger partial charge in [0.15, 0.2) is 11.5 Å². The summed E-state index contributed by atoms with van der Waals surface area (Å²) in [6.07, 6.45) is 0. The third-order valence-corrected chi connectivity index (χ3v) is 3.93. The molecule has 5 nitrogen and oxygen atoms in total. The van der Waals surface area contributed by atoms with Crippen molar-refractivity contribution in [2.45, 2.75) is 19.8 Å². The highest BCUT2D eigenvalue weighted by Crippen LogP contribution is 2.31. The zero-order valence-corrected chi connectivity index (χ0v) is 13.6. The van der Waals surface area contributed by atoms with Crippen LogP contribution in [0.5, 0.6) is 11.5 Å². The molecule has 2 rings (SSSR count). The molecule has 1 aliphatic heterocycles. The molecular weight excluding hydrogens is 282 g/mol. The first kappa shape index (κ1) is 16.8. The SMILES string of the molecule is CCOc1ccc([C@@H](CN2CCOCC2)C(C)=O)cc1OC. The molecular formula is C17H25NO4. The molecule has 0 N–H and O–H groups in total. The molecule has 0 unspecified atom stereocenters. The largest absolute Gasteiger partial charge is 0.493 e. The number of carbonyl (C=O) groups excluding carboxylic acids is 1. The van der Waals surface area contributed by atoms with E-state index >= 15 is 0 Å². The fourth-order valence-corrected chi connectivity index (χ4v) is 2.69. The van der Waals surface area contributed by atoms with E-state index in [4.69, 9.17) is 14.2 Å². The Bertz CT molecular complexity index is 497. The predicted molar refractivity (Wildman–Crippen MR) is 84.8 cm³/mol. The molecule has 122 valence electrons. The van der Waals surface area contributed by atoms with Crippen molar-refractivity contribution >= 4 is 5.78 Å². The predicted octanol–water partition coefficient (Wildman–Crippen LogP) is 2.10. The molecule has 1 aromatic rings. The molecule has 0 radical (unpaired) electrons. The quantitative estimate of drug-likeness (QED) is 0.772. The molecule has 1 saturated heterocycles. The van der Waals surface area contributed by atoms with Crippen molar-refractivity contribution in [3.8, 4) is 11.5 Å². The summed E-state index contributed by atoms with van der Waals surface area (Å²) in [4.78, 5) is 14.4. The Hall–Kier alpha value is -1.59. The summed E-state index contributed by atoms with van der Waals surface area (Å²) in [6.45, 7) is 8.10. The van der Waals surface area contributed by atoms with Gasteiger partial charge in [-0.3, -0.25) is 9.69 Å². The van der Waals surface area contributed by atoms with Crippen molar-refractivity contribution in [1.29, 1.82) is 0 Å². The third-order valence-electron chi connectivity index (χ3n) is 3.93. The van der Waals surface area contributed by atoms with Gasteiger partial charge in [-0.05, 0) is 31.5 Å². The van der Waals surface area contributed by atoms with Gasteiger partial charge in [-0.25, -0.2) is 0 Å². The second kappa shape index (κ2) is 8.15. The van der Waals surface area contributed by atoms with Crippen LogP contribution in [-0.4, -0.2) is 57.2 Å². The highest BCUT2D eigenvalue weighted by Gasteiger charge is 2.23. The molecule has 0 spiro atoms. The number of carbonyl (C=O) groups is 1. The van der Waals surface area contributed by atoms with Crippen LogP contribution < -0.4 is 9.47 Å². The number of morpholine rings is 1. The Morgan fingerprint density at radius 2 is 2.05 bits per heavy atom. The Labute approximate surface area is 132 Å². The Kier molecular flexibility index (Phi) is 6.21. The third kappa shape index (κ3) is 4.21. The van der Waals surface area contributed by atoms with Crippen molar-refractivity contribution in [3.05, 3.63) is 23.8 Å². The molecule has 0 amide bonds. The van der Waals surface area contributed by atoms with Gasteiger partial charge in [0.2, 0.25) is 0 Å². The highest BCUT2D eigenvalue weighted by molar-refractivity contribution is 5.83. The lowest BCUT2D eigenvalue weighted by Crippen LogP contribution is -2.40. The van der Waals surface area contributed by atoms with E-state index in [1.54, 1.807) is 14.0 Å². The average molecular weight is 307 g/mol. The van der Waals surface area contributed by atoms with Crippen LogP contribution in [0.1, 0.15) is 25.3 Å². The second-order valence-corrected chi connectivity index (χ2v) is 5.42. The number of nitrogens with zero attached hydrogens (tertiary/aromatic N) is 1. The summed E-state index contributed by atoms with van der Waals surface area (Å²) in [5.41, 5.74) is 0.972. The summed E-state index contributed by atoms with van der Waals surface area (Å²) in [5, 5.41) is 0. The first-order valence-electron chi connectivity index (χ1n) is 7.77. The van der Waals surface area contributed by atoms with Gasteiger partial charge < -0.3 is 14.2 Å². The fourth-order valence-electron chi connectivity index (χ4n) is 2.69. The molecule has 1 heterocycles. The summed E-state index contributed by atoms with van der Waals surface area (Å²) < 4.78 is 16.3. The number of benzene rings is 1. The van der Waals surface area contributed by atoms with Gasteiger partial charge in [-0.1, -0.05) is 6.07 Å². The lowest BCUT2D eigenvalue weighted by molar-refractivity contribution is -0.119. The van der Waals surface area contributed by atoms with E-state index < -0.39 is 0 Å². The van der Waals surface area contributed by atoms with Gasteiger partial charge in [-0.15, -0.1) is 0 Å². The molecule has 1 aromatic carbocycles. The molecule has 0 bridgehead atoms. The first-order valence-corrected chi connectivity index (χ1v) is 7.77. The molecule has 1 atom stereocenters. The van der Waals surface area contributed by atoms with Gasteiger partial charge in [0, 0.05) is 19.6 Å². The van der Waals surface area contributed by atoms with Crippen LogP contribution >= 0.6 is 0 Å². The summed E-state index contributed by atoms with van der Waals surface area (Å²) >= 11 is 0. The molecule has 0 saturated carbocycles. The van der Waals surface area contributed by atoms with Gasteiger partial charge in [-0.2, -0.15) is 0 Å². The molecule has 22 heavy (non-hydrogen) atoms. The lowest BCUT2D eigenvalue weighted by atomic mass is 9.94. The van der Waals surface area contributed by atoms with Crippen LogP contribution in [-0.2, 0) is 9.53 Å². The van der Waals surface area contributed by atoms with E-state index in [0.717, 1.165) is 38.4 Å². The molecule has 5 heteroatoms. The number of ketones is 1. The molecule has 0 aromatic heterocycles. The van der Waals surface area contributed by atoms with Gasteiger partial charge in [0.25, 0.3) is 0 Å². The maximum atomic E-state index is 12.1. The van der Waals surface area contributed by atoms with E-state index in [1.807, 2.05) is 25.1 Å². The molecule has 1 aliphatic rings. The summed E-state index contributed by atoms with van der Waals surface area (Å²) in [5.74, 6) is 1.40. The summed E-state index contributed by atoms with van der Waals surface area (Å²) in [7, 11) is 1.62. The van der Waals surface area contributed by atoms with Crippen LogP contribution in [0.3, 0.4) is 0 Å². The minimum absolute atomic E-state index is 0.150. The van der Waals surface area contributed by atoms with Crippen LogP contribution in [0.25, 0.3) is 0 Å². The van der Waals surface area contributed by atoms with E-state index in [-0.39, 0.29) is 11.7 Å². The lowest BCUT2D eigenvalue weighted by Gasteiger charge is -2.30. The van der Waals surface area contributed by atoms with Crippen molar-refractivity contribution in [1.82, 2.24) is 4.90 Å². The number of rotatable bonds is 7. The monoisotopic (exact) mass is 307 g/mol. The van der Waals surface area contributed by atoms with E-state index in [1.165, 1.54) is 0 Å². The standard InChI is InChI=1S/C17H25NO4/c1-4-22-16-6-5-14(11-17(16)20-3)15(13(2)19)12-18-7-9-21-10-8-18/h5-6,11,15H,4,7-10,12H2,1-3H3/t15-/m0/s1. The molecule has 1 fully saturated rings. The smallest absolute Gasteiger partial charge is 0.161 e. The minimum Gasteiger partial charge on any atom is -0.493 e. The van der Waals surface area contributed by atoms with Gasteiger partial charge in [0.05, 0.1) is 32.8 Å². The number of Topliss-reactive ketones (excluding diaryl/α,β-unsaturated/α-hetero) is 1. The first-order chi connectivity index (χ1) is 10.7. The topological polar surface area (TPSA) is 48.0 Å². The maximum Gasteiger partial charge on any atom is 0.161 e. The van der Waals surface area contributed by atoms with Crippen molar-refractivity contribution in [2.24, 2.45) is 0 Å². The second-order valence-electron chi connectivity index (χ2n) is 5.42. The normalized spacial score (nSPS) is 17.0. The Morgan fingerprint density at radius 3 is 2.64 bits per heavy atom. The van der Waals surface area contributed by atoms with E-state index in [0.29, 0.717) is 18.1 Å². The minimum atomic E-state index is -0.150. The van der Waals surface area contributed by atoms with Gasteiger partial charge >= 0.3 is 0 Å². The van der Waals surface area contributed by atoms with E-state index in [2.05, 4.69) is 4.90 Å². The van der Waals surface area contributed by atoms with Gasteiger partial charge in [0.1, 0.15) is 5.78 Å². The maximum absolute atomic E-state index is 12.1. The Morgan fingerprint density at radius 1 is 1.32 bits per heavy atom. The zero-order chi connectivity index (χ0) is 15.9. The van der Waals surface area contributed by atoms with Crippen LogP contribution in [0, 0.1) is 0 Å². The summed E-state index contributed by atoms with van der Waals surface area (Å²) in [6, 6.07) is 5.75. The zero-order valence-electron chi connectivity index (χ0n) is 13.6. The number of hydrogen-bond acceptors (Lipinski definition) is 5. The number of ether oxygens (including phenoxy) is 3. The van der Waals surface area contributed by atoms with E-state index in [9.17, 15) is 4.79 Å². The van der Waals surface area contributed by atoms with Crippen molar-refractivity contribution in [2.75, 3.05) is 46.6 Å². The average Bonchev–Trinajstić information content (AvgIpc) is 2.54. The highest BCUT2D eigenvalue weighted by atomic mass is 16.5. The van der Waals surface area contributed by atoms with Crippen molar-refractivity contribution in [3.63, 3.8) is 0 Å². The molecule has 0 aliphatic carbocycles. The van der Waals surface area contributed by atoms with Crippen molar-refractivity contribution < 1.29 is 19.0 Å². The number of hydrogen-bond donors (Lipinski definition) is 0. The van der Waals surface area contributed by atoms with Crippen LogP contribution in [0.15, 0.2) is 18.2 Å². The van der Waals surface area contributed by atoms with Crippen LogP contribution in [0.2, 0.25) is 0 Å².